The molecule has 0 aliphatic carbocycles. The summed E-state index contributed by atoms with van der Waals surface area (Å²) in [5.74, 6) is -0.278. The average molecular weight is 290 g/mol. The number of nitrogens with zero attached hydrogens (tertiary/aromatic N) is 3. The van der Waals surface area contributed by atoms with E-state index in [2.05, 4.69) is 4.99 Å². The van der Waals surface area contributed by atoms with Gasteiger partial charge < -0.3 is 0 Å². The molecule has 1 aromatic carbocycles. The van der Waals surface area contributed by atoms with E-state index in [1.54, 1.807) is 39.8 Å². The van der Waals surface area contributed by atoms with Gasteiger partial charge in [0, 0.05) is 5.22 Å². The van der Waals surface area contributed by atoms with Gasteiger partial charge in [0.15, 0.2) is 5.82 Å². The maximum atomic E-state index is 13.3. The monoisotopic (exact) mass is 290 g/mol. The van der Waals surface area contributed by atoms with E-state index in [4.69, 9.17) is 0 Å². The number of hydrogen-bond acceptors (Lipinski definition) is 4. The van der Waals surface area contributed by atoms with Crippen LogP contribution in [0.2, 0.25) is 0 Å². The minimum atomic E-state index is -0.826. The van der Waals surface area contributed by atoms with Gasteiger partial charge in [0.1, 0.15) is 11.5 Å². The van der Waals surface area contributed by atoms with Crippen LogP contribution < -0.4 is 10.6 Å². The molecule has 21 heavy (non-hydrogen) atoms. The molecule has 5 nitrogen and oxygen atoms in total. The van der Waals surface area contributed by atoms with Gasteiger partial charge in [-0.15, -0.1) is 0 Å². The fourth-order valence-corrected chi connectivity index (χ4v) is 2.50. The van der Waals surface area contributed by atoms with Crippen LogP contribution in [0.4, 0.5) is 4.39 Å². The van der Waals surface area contributed by atoms with Crippen molar-refractivity contribution in [3.8, 4) is 0 Å². The highest BCUT2D eigenvalue weighted by atomic mass is 19.1. The van der Waals surface area contributed by atoms with E-state index in [0.717, 1.165) is 10.1 Å². The van der Waals surface area contributed by atoms with E-state index in [9.17, 15) is 14.8 Å². The number of fused-ring (bicyclic) bond motifs is 1. The van der Waals surface area contributed by atoms with Crippen molar-refractivity contribution in [3.63, 3.8) is 0 Å². The van der Waals surface area contributed by atoms with Crippen molar-refractivity contribution < 1.29 is 14.8 Å². The van der Waals surface area contributed by atoms with Crippen molar-refractivity contribution in [1.29, 1.82) is 0 Å². The predicted molar refractivity (Wildman–Crippen MR) is 73.0 cm³/mol. The van der Waals surface area contributed by atoms with E-state index in [1.807, 2.05) is 0 Å². The van der Waals surface area contributed by atoms with Crippen LogP contribution in [0.1, 0.15) is 27.7 Å². The summed E-state index contributed by atoms with van der Waals surface area (Å²) < 4.78 is 13.3. The highest BCUT2D eigenvalue weighted by molar-refractivity contribution is 5.52. The zero-order valence-electron chi connectivity index (χ0n) is 12.4. The van der Waals surface area contributed by atoms with E-state index in [-0.39, 0.29) is 11.6 Å². The second kappa shape index (κ2) is 4.05. The number of halogens is 1. The van der Waals surface area contributed by atoms with Crippen molar-refractivity contribution in [2.45, 2.75) is 38.8 Å². The molecule has 0 amide bonds. The van der Waals surface area contributed by atoms with Crippen molar-refractivity contribution >= 4 is 6.08 Å². The van der Waals surface area contributed by atoms with Gasteiger partial charge >= 0.3 is 0 Å². The van der Waals surface area contributed by atoms with Crippen molar-refractivity contribution in [1.82, 2.24) is 10.1 Å². The summed E-state index contributed by atoms with van der Waals surface area (Å²) in [5.41, 5.74) is -1.26. The van der Waals surface area contributed by atoms with Gasteiger partial charge in [0.25, 0.3) is 0 Å². The molecule has 0 spiro atoms. The van der Waals surface area contributed by atoms with Gasteiger partial charge in [-0.05, 0) is 52.0 Å². The Morgan fingerprint density at radius 1 is 1.19 bits per heavy atom. The maximum Gasteiger partial charge on any atom is 0.183 e. The number of allylic oxidation sites excluding steroid dienone is 1. The fourth-order valence-electron chi connectivity index (χ4n) is 2.50. The second-order valence-corrected chi connectivity index (χ2v) is 6.39. The zero-order chi connectivity index (χ0) is 15.6. The van der Waals surface area contributed by atoms with Crippen molar-refractivity contribution in [2.24, 2.45) is 4.99 Å². The lowest BCUT2D eigenvalue weighted by Crippen LogP contribution is -2.52. The topological polar surface area (TPSA) is 59.0 Å². The van der Waals surface area contributed by atoms with Gasteiger partial charge in [-0.3, -0.25) is 5.21 Å². The minimum absolute atomic E-state index is 0.0848. The molecular weight excluding hydrogens is 273 g/mol. The van der Waals surface area contributed by atoms with Crippen LogP contribution in [-0.2, 0) is 5.21 Å². The molecule has 3 rings (SSSR count). The quantitative estimate of drug-likeness (QED) is 0.784. The predicted octanol–water partition coefficient (Wildman–Crippen LogP) is 1.32. The summed E-state index contributed by atoms with van der Waals surface area (Å²) in [6.45, 7) is 7.09. The maximum absolute atomic E-state index is 13.3. The minimum Gasteiger partial charge on any atom is -0.286 e. The molecule has 6 heteroatoms. The normalized spacial score (nSPS) is 25.7. The summed E-state index contributed by atoms with van der Waals surface area (Å²) >= 11 is 0. The fraction of sp³-hybridized carbons (Fsp3) is 0.400. The summed E-state index contributed by atoms with van der Waals surface area (Å²) in [6, 6.07) is 4.23. The molecule has 1 aromatic rings. The Labute approximate surface area is 121 Å². The third-order valence-electron chi connectivity index (χ3n) is 4.68. The van der Waals surface area contributed by atoms with Crippen LogP contribution in [0.15, 0.2) is 34.7 Å². The van der Waals surface area contributed by atoms with Crippen LogP contribution in [0.25, 0.3) is 6.08 Å². The molecule has 2 aliphatic heterocycles. The van der Waals surface area contributed by atoms with Crippen LogP contribution in [0.3, 0.4) is 0 Å². The average Bonchev–Trinajstić information content (AvgIpc) is 2.84. The summed E-state index contributed by atoms with van der Waals surface area (Å²) in [6.07, 6.45) is 1.61. The Hall–Kier alpha value is -1.92. The lowest BCUT2D eigenvalue weighted by Gasteiger charge is -2.36. The standard InChI is InChI=1S/C15H17FN3O2/c1-14(2)15(3,4)19(21)13(18(14)20)12-8-9-7-10(16)5-6-11(9)17-12/h5-8,20H,1-4H3/b13-12+. The molecule has 0 atom stereocenters. The molecule has 2 heterocycles. The SMILES string of the molecule is CC1(C)N([O])/C(=C2\C=c3cc(F)ccc3=N2)N(O)C1(C)C. The summed E-state index contributed by atoms with van der Waals surface area (Å²) in [5, 5.41) is 25.9. The van der Waals surface area contributed by atoms with Gasteiger partial charge in [-0.25, -0.2) is 14.4 Å². The molecule has 1 N–H and O–H groups in total. The Bertz CT molecular complexity index is 746. The number of benzene rings is 1. The van der Waals surface area contributed by atoms with E-state index in [1.165, 1.54) is 12.1 Å². The first-order valence-corrected chi connectivity index (χ1v) is 6.73. The molecule has 1 saturated heterocycles. The lowest BCUT2D eigenvalue weighted by atomic mass is 9.84. The van der Waals surface area contributed by atoms with Crippen LogP contribution in [-0.4, -0.2) is 26.4 Å². The van der Waals surface area contributed by atoms with Gasteiger partial charge in [0.2, 0.25) is 0 Å². The van der Waals surface area contributed by atoms with E-state index >= 15 is 0 Å². The van der Waals surface area contributed by atoms with E-state index < -0.39 is 11.1 Å². The Balaban J connectivity index is 2.22. The molecule has 2 aliphatic rings. The van der Waals surface area contributed by atoms with Gasteiger partial charge in [-0.1, -0.05) is 5.21 Å². The lowest BCUT2D eigenvalue weighted by molar-refractivity contribution is -0.181. The zero-order valence-corrected chi connectivity index (χ0v) is 12.4. The van der Waals surface area contributed by atoms with Crippen LogP contribution in [0.5, 0.6) is 0 Å². The Morgan fingerprint density at radius 3 is 2.43 bits per heavy atom. The van der Waals surface area contributed by atoms with Gasteiger partial charge in [0.05, 0.1) is 16.4 Å². The van der Waals surface area contributed by atoms with E-state index in [0.29, 0.717) is 16.3 Å². The molecule has 0 unspecified atom stereocenters. The summed E-state index contributed by atoms with van der Waals surface area (Å²) in [4.78, 5) is 4.32. The van der Waals surface area contributed by atoms with Crippen molar-refractivity contribution in [2.75, 3.05) is 0 Å². The molecule has 0 saturated carbocycles. The smallest absolute Gasteiger partial charge is 0.183 e. The number of hydroxylamine groups is 4. The number of rotatable bonds is 0. The first kappa shape index (κ1) is 14.0. The molecule has 0 aromatic heterocycles. The van der Waals surface area contributed by atoms with Crippen molar-refractivity contribution in [3.05, 3.63) is 46.1 Å². The first-order chi connectivity index (χ1) is 9.66. The molecule has 1 fully saturated rings. The third kappa shape index (κ3) is 1.72. The third-order valence-corrected chi connectivity index (χ3v) is 4.68. The molecule has 0 bridgehead atoms. The molecule has 111 valence electrons. The first-order valence-electron chi connectivity index (χ1n) is 6.73. The van der Waals surface area contributed by atoms with Crippen LogP contribution >= 0.6 is 0 Å². The Morgan fingerprint density at radius 2 is 1.86 bits per heavy atom. The summed E-state index contributed by atoms with van der Waals surface area (Å²) in [7, 11) is 0. The van der Waals surface area contributed by atoms with Gasteiger partial charge in [-0.2, -0.15) is 5.06 Å². The number of hydrogen-bond donors (Lipinski definition) is 1. The highest BCUT2D eigenvalue weighted by Crippen LogP contribution is 2.44. The molecule has 1 radical (unpaired) electrons. The van der Waals surface area contributed by atoms with Crippen LogP contribution in [0, 0.1) is 5.82 Å². The highest BCUT2D eigenvalue weighted by Gasteiger charge is 2.57. The molecular formula is C15H17FN3O2. The largest absolute Gasteiger partial charge is 0.286 e. The Kier molecular flexibility index (Phi) is 2.71. The second-order valence-electron chi connectivity index (χ2n) is 6.39.